The summed E-state index contributed by atoms with van der Waals surface area (Å²) in [4.78, 5) is 14.6. The molecule has 0 aromatic heterocycles. The number of rotatable bonds is 10. The summed E-state index contributed by atoms with van der Waals surface area (Å²) >= 11 is 0. The maximum atomic E-state index is 12.9. The predicted octanol–water partition coefficient (Wildman–Crippen LogP) is 0.775. The molecule has 1 saturated heterocycles. The smallest absolute Gasteiger partial charge is 0.257 e. The number of carbonyl (C=O) groups excluding carboxylic acids is 1. The number of sulfonamides is 2. The van der Waals surface area contributed by atoms with Crippen LogP contribution in [0, 0.1) is 0 Å². The molecule has 2 aromatic rings. The Morgan fingerprint density at radius 1 is 1.03 bits per heavy atom. The number of hydrogen-bond donors (Lipinski definition) is 1. The quantitative estimate of drug-likeness (QED) is 0.449. The number of amides is 1. The summed E-state index contributed by atoms with van der Waals surface area (Å²) in [7, 11) is -3.18. The molecule has 1 N–H and O–H groups in total. The molecule has 0 spiro atoms. The molecule has 0 saturated carbocycles. The van der Waals surface area contributed by atoms with Gasteiger partial charge in [-0.05, 0) is 42.5 Å². The summed E-state index contributed by atoms with van der Waals surface area (Å²) in [5, 5.41) is 0. The van der Waals surface area contributed by atoms with Gasteiger partial charge in [-0.15, -0.1) is 0 Å². The molecule has 1 aliphatic rings. The van der Waals surface area contributed by atoms with Crippen molar-refractivity contribution < 1.29 is 35.8 Å². The van der Waals surface area contributed by atoms with E-state index in [1.54, 1.807) is 4.90 Å². The van der Waals surface area contributed by atoms with Crippen LogP contribution in [-0.2, 0) is 24.8 Å². The second-order valence-corrected chi connectivity index (χ2v) is 11.7. The fraction of sp³-hybridized carbons (Fsp3) is 0.409. The van der Waals surface area contributed by atoms with Crippen molar-refractivity contribution in [2.75, 3.05) is 60.7 Å². The van der Waals surface area contributed by atoms with E-state index in [4.69, 9.17) is 14.2 Å². The van der Waals surface area contributed by atoms with Gasteiger partial charge in [0.15, 0.2) is 0 Å². The number of ether oxygens (including phenoxy) is 3. The normalized spacial score (nSPS) is 14.7. The summed E-state index contributed by atoms with van der Waals surface area (Å²) in [5.74, 6) is 0.346. The third-order valence-electron chi connectivity index (χ3n) is 5.28. The van der Waals surface area contributed by atoms with Crippen LogP contribution in [0.3, 0.4) is 0 Å². The van der Waals surface area contributed by atoms with E-state index in [-0.39, 0.29) is 40.2 Å². The molecule has 0 atom stereocenters. The zero-order valence-corrected chi connectivity index (χ0v) is 21.4. The average Bonchev–Trinajstić information content (AvgIpc) is 2.86. The summed E-state index contributed by atoms with van der Waals surface area (Å²) < 4.78 is 69.4. The number of hydrogen-bond acceptors (Lipinski definition) is 8. The lowest BCUT2D eigenvalue weighted by Gasteiger charge is -2.27. The summed E-state index contributed by atoms with van der Waals surface area (Å²) in [6.45, 7) is 1.63. The van der Waals surface area contributed by atoms with Crippen LogP contribution in [0.1, 0.15) is 10.4 Å². The molecule has 0 aliphatic carbocycles. The van der Waals surface area contributed by atoms with Crippen molar-refractivity contribution in [3.63, 3.8) is 0 Å². The molecule has 3 rings (SSSR count). The van der Waals surface area contributed by atoms with Crippen molar-refractivity contribution in [2.24, 2.45) is 0 Å². The van der Waals surface area contributed by atoms with Crippen molar-refractivity contribution in [3.05, 3.63) is 48.0 Å². The van der Waals surface area contributed by atoms with Gasteiger partial charge in [-0.3, -0.25) is 4.79 Å². The Bertz CT molecular complexity index is 1240. The van der Waals surface area contributed by atoms with Crippen LogP contribution >= 0.6 is 0 Å². The summed E-state index contributed by atoms with van der Waals surface area (Å²) in [6.07, 6.45) is 0. The van der Waals surface area contributed by atoms with Gasteiger partial charge in [0.05, 0.1) is 35.7 Å². The number of carbonyl (C=O) groups is 1. The molecule has 1 heterocycles. The Labute approximate surface area is 205 Å². The Hall–Kier alpha value is -2.71. The van der Waals surface area contributed by atoms with Crippen LogP contribution < -0.4 is 14.2 Å². The molecule has 0 unspecified atom stereocenters. The predicted molar refractivity (Wildman–Crippen MR) is 128 cm³/mol. The maximum absolute atomic E-state index is 12.9. The van der Waals surface area contributed by atoms with Crippen molar-refractivity contribution in [1.82, 2.24) is 13.9 Å². The van der Waals surface area contributed by atoms with Gasteiger partial charge in [0, 0.05) is 33.7 Å². The van der Waals surface area contributed by atoms with Gasteiger partial charge in [-0.25, -0.2) is 25.9 Å². The minimum absolute atomic E-state index is 0.00866. The molecule has 192 valence electrons. The van der Waals surface area contributed by atoms with Crippen LogP contribution in [-0.4, -0.2) is 92.6 Å². The lowest BCUT2D eigenvalue weighted by atomic mass is 10.1. The monoisotopic (exact) mass is 527 g/mol. The van der Waals surface area contributed by atoms with Gasteiger partial charge in [0.1, 0.15) is 18.1 Å². The third kappa shape index (κ3) is 6.49. The van der Waals surface area contributed by atoms with E-state index >= 15 is 0 Å². The largest absolute Gasteiger partial charge is 0.496 e. The summed E-state index contributed by atoms with van der Waals surface area (Å²) in [6, 6.07) is 9.93. The van der Waals surface area contributed by atoms with E-state index in [2.05, 4.69) is 4.72 Å². The van der Waals surface area contributed by atoms with E-state index in [1.807, 2.05) is 0 Å². The molecule has 1 aliphatic heterocycles. The Kier molecular flexibility index (Phi) is 8.72. The van der Waals surface area contributed by atoms with E-state index in [1.165, 1.54) is 63.7 Å². The SMILES string of the molecule is COc1ccc(S(=O)(=O)NCCOc2ccc(S(=O)(=O)N(C)C)cc2)cc1C(=O)N1CCOCC1. The number of nitrogens with zero attached hydrogens (tertiary/aromatic N) is 2. The standard InChI is InChI=1S/C22H29N3O8S2/c1-24(2)35(29,30)18-6-4-17(5-7-18)33-13-10-23-34(27,28)19-8-9-21(31-3)20(16-19)22(26)25-11-14-32-15-12-25/h4-9,16,23H,10-15H2,1-3H3. The zero-order chi connectivity index (χ0) is 25.6. The second kappa shape index (κ2) is 11.4. The molecule has 13 heteroatoms. The zero-order valence-electron chi connectivity index (χ0n) is 19.8. The average molecular weight is 528 g/mol. The number of methoxy groups -OCH3 is 1. The Morgan fingerprint density at radius 2 is 1.66 bits per heavy atom. The third-order valence-corrected chi connectivity index (χ3v) is 8.56. The molecular weight excluding hydrogens is 498 g/mol. The van der Waals surface area contributed by atoms with Gasteiger partial charge in [0.25, 0.3) is 5.91 Å². The highest BCUT2D eigenvalue weighted by Gasteiger charge is 2.24. The number of nitrogens with one attached hydrogen (secondary N) is 1. The molecular formula is C22H29N3O8S2. The molecule has 1 amide bonds. The maximum Gasteiger partial charge on any atom is 0.257 e. The lowest BCUT2D eigenvalue weighted by Crippen LogP contribution is -2.40. The number of morpholine rings is 1. The first-order chi connectivity index (χ1) is 16.6. The molecule has 1 fully saturated rings. The van der Waals surface area contributed by atoms with Gasteiger partial charge in [0.2, 0.25) is 20.0 Å². The van der Waals surface area contributed by atoms with Crippen LogP contribution in [0.5, 0.6) is 11.5 Å². The summed E-state index contributed by atoms with van der Waals surface area (Å²) in [5.41, 5.74) is 0.154. The van der Waals surface area contributed by atoms with Crippen LogP contribution in [0.4, 0.5) is 0 Å². The van der Waals surface area contributed by atoms with Crippen molar-refractivity contribution >= 4 is 26.0 Å². The first-order valence-corrected chi connectivity index (χ1v) is 13.7. The topological polar surface area (TPSA) is 132 Å². The van der Waals surface area contributed by atoms with Crippen molar-refractivity contribution in [1.29, 1.82) is 0 Å². The molecule has 35 heavy (non-hydrogen) atoms. The molecule has 11 nitrogen and oxygen atoms in total. The Morgan fingerprint density at radius 3 is 2.26 bits per heavy atom. The molecule has 2 aromatic carbocycles. The van der Waals surface area contributed by atoms with E-state index in [0.717, 1.165) is 4.31 Å². The highest BCUT2D eigenvalue weighted by molar-refractivity contribution is 7.89. The van der Waals surface area contributed by atoms with Crippen molar-refractivity contribution in [2.45, 2.75) is 9.79 Å². The minimum atomic E-state index is -3.93. The second-order valence-electron chi connectivity index (χ2n) is 7.77. The fourth-order valence-corrected chi connectivity index (χ4v) is 5.25. The van der Waals surface area contributed by atoms with E-state index in [0.29, 0.717) is 32.1 Å². The van der Waals surface area contributed by atoms with Gasteiger partial charge < -0.3 is 19.1 Å². The highest BCUT2D eigenvalue weighted by Crippen LogP contribution is 2.24. The number of benzene rings is 2. The lowest BCUT2D eigenvalue weighted by molar-refractivity contribution is 0.0300. The molecule has 0 bridgehead atoms. The van der Waals surface area contributed by atoms with E-state index in [9.17, 15) is 21.6 Å². The van der Waals surface area contributed by atoms with Gasteiger partial charge >= 0.3 is 0 Å². The molecule has 0 radical (unpaired) electrons. The van der Waals surface area contributed by atoms with E-state index < -0.39 is 20.0 Å². The Balaban J connectivity index is 1.62. The first kappa shape index (κ1) is 26.9. The van der Waals surface area contributed by atoms with Crippen LogP contribution in [0.15, 0.2) is 52.3 Å². The minimum Gasteiger partial charge on any atom is -0.496 e. The van der Waals surface area contributed by atoms with Gasteiger partial charge in [-0.1, -0.05) is 0 Å². The fourth-order valence-electron chi connectivity index (χ4n) is 3.31. The van der Waals surface area contributed by atoms with Gasteiger partial charge in [-0.2, -0.15) is 0 Å². The first-order valence-electron chi connectivity index (χ1n) is 10.8. The van der Waals surface area contributed by atoms with Crippen LogP contribution in [0.2, 0.25) is 0 Å². The highest BCUT2D eigenvalue weighted by atomic mass is 32.2. The van der Waals surface area contributed by atoms with Crippen LogP contribution in [0.25, 0.3) is 0 Å². The van der Waals surface area contributed by atoms with Crippen molar-refractivity contribution in [3.8, 4) is 11.5 Å².